The van der Waals surface area contributed by atoms with Gasteiger partial charge < -0.3 is 29.9 Å². The number of piperidine rings is 1. The van der Waals surface area contributed by atoms with Crippen LogP contribution >= 0.6 is 0 Å². The quantitative estimate of drug-likeness (QED) is 0.447. The van der Waals surface area contributed by atoms with E-state index in [4.69, 9.17) is 9.47 Å². The number of rotatable bonds is 8. The molecule has 1 atom stereocenters. The maximum atomic E-state index is 12.8. The molecule has 0 aliphatic carbocycles. The van der Waals surface area contributed by atoms with Crippen molar-refractivity contribution in [2.45, 2.75) is 51.7 Å². The third kappa shape index (κ3) is 6.64. The first-order valence-corrected chi connectivity index (χ1v) is 13.7. The molecule has 1 unspecified atom stereocenters. The van der Waals surface area contributed by atoms with Crippen molar-refractivity contribution in [1.29, 1.82) is 0 Å². The summed E-state index contributed by atoms with van der Waals surface area (Å²) in [5, 5.41) is 7.55. The van der Waals surface area contributed by atoms with Crippen LogP contribution in [0.25, 0.3) is 10.9 Å². The smallest absolute Gasteiger partial charge is 0.321 e. The normalized spacial score (nSPS) is 18.0. The van der Waals surface area contributed by atoms with E-state index in [9.17, 15) is 4.79 Å². The Bertz CT molecular complexity index is 1200. The lowest BCUT2D eigenvalue weighted by Gasteiger charge is -2.35. The van der Waals surface area contributed by atoms with Gasteiger partial charge in [-0.25, -0.2) is 14.8 Å². The van der Waals surface area contributed by atoms with E-state index in [2.05, 4.69) is 25.5 Å². The molecule has 2 fully saturated rings. The molecule has 2 amide bonds. The standard InChI is InChI=1S/C29H38N6O3/c1-21(2)38-24-8-6-23(7-9-24)33-29(36)35-16-14-34(15-17-35)28-26-11-10-25(19-27(26)31-20-32-28)37-18-12-22-5-3-4-13-30-22/h6-11,19-22,30H,3-5,12-18H2,1-2H3,(H,33,36). The Labute approximate surface area is 224 Å². The van der Waals surface area contributed by atoms with Crippen molar-refractivity contribution in [1.82, 2.24) is 20.2 Å². The lowest BCUT2D eigenvalue weighted by Crippen LogP contribution is -2.50. The maximum Gasteiger partial charge on any atom is 0.321 e. The number of aromatic nitrogens is 2. The van der Waals surface area contributed by atoms with Gasteiger partial charge in [-0.2, -0.15) is 0 Å². The van der Waals surface area contributed by atoms with Gasteiger partial charge in [-0.1, -0.05) is 6.42 Å². The molecule has 2 aromatic carbocycles. The lowest BCUT2D eigenvalue weighted by atomic mass is 10.0. The van der Waals surface area contributed by atoms with E-state index in [0.717, 1.165) is 46.9 Å². The molecule has 0 bridgehead atoms. The minimum absolute atomic E-state index is 0.0973. The van der Waals surface area contributed by atoms with Gasteiger partial charge in [-0.15, -0.1) is 0 Å². The maximum absolute atomic E-state index is 12.8. The molecule has 9 nitrogen and oxygen atoms in total. The first kappa shape index (κ1) is 26.0. The predicted octanol–water partition coefficient (Wildman–Crippen LogP) is 4.68. The summed E-state index contributed by atoms with van der Waals surface area (Å²) in [6.07, 6.45) is 6.54. The fourth-order valence-electron chi connectivity index (χ4n) is 5.07. The number of ether oxygens (including phenoxy) is 2. The van der Waals surface area contributed by atoms with Crippen molar-refractivity contribution in [2.24, 2.45) is 0 Å². The Hall–Kier alpha value is -3.59. The minimum Gasteiger partial charge on any atom is -0.493 e. The van der Waals surface area contributed by atoms with Crippen LogP contribution in [0.5, 0.6) is 11.5 Å². The van der Waals surface area contributed by atoms with Crippen LogP contribution in [0.2, 0.25) is 0 Å². The summed E-state index contributed by atoms with van der Waals surface area (Å²) >= 11 is 0. The summed E-state index contributed by atoms with van der Waals surface area (Å²) in [4.78, 5) is 26.0. The number of urea groups is 1. The van der Waals surface area contributed by atoms with E-state index in [1.54, 1.807) is 6.33 Å². The number of benzene rings is 2. The summed E-state index contributed by atoms with van der Waals surface area (Å²) in [6.45, 7) is 8.42. The van der Waals surface area contributed by atoms with Gasteiger partial charge >= 0.3 is 6.03 Å². The second-order valence-electron chi connectivity index (χ2n) is 10.3. The van der Waals surface area contributed by atoms with Crippen molar-refractivity contribution >= 4 is 28.4 Å². The Morgan fingerprint density at radius 1 is 1.05 bits per heavy atom. The molecule has 3 heterocycles. The highest BCUT2D eigenvalue weighted by atomic mass is 16.5. The Morgan fingerprint density at radius 3 is 2.58 bits per heavy atom. The molecule has 5 rings (SSSR count). The summed E-state index contributed by atoms with van der Waals surface area (Å²) in [5.41, 5.74) is 1.62. The van der Waals surface area contributed by atoms with Crippen LogP contribution in [0.3, 0.4) is 0 Å². The summed E-state index contributed by atoms with van der Waals surface area (Å²) < 4.78 is 11.7. The van der Waals surface area contributed by atoms with Crippen LogP contribution in [0.4, 0.5) is 16.3 Å². The van der Waals surface area contributed by atoms with Crippen molar-refractivity contribution < 1.29 is 14.3 Å². The Kier molecular flexibility index (Phi) is 8.43. The van der Waals surface area contributed by atoms with Crippen LogP contribution in [0, 0.1) is 0 Å². The van der Waals surface area contributed by atoms with Crippen molar-refractivity contribution in [2.75, 3.05) is 49.5 Å². The lowest BCUT2D eigenvalue weighted by molar-refractivity contribution is 0.208. The van der Waals surface area contributed by atoms with Gasteiger partial charge in [0.25, 0.3) is 0 Å². The van der Waals surface area contributed by atoms with E-state index in [1.807, 2.05) is 61.2 Å². The molecule has 2 aliphatic heterocycles. The number of hydrogen-bond donors (Lipinski definition) is 2. The highest BCUT2D eigenvalue weighted by Crippen LogP contribution is 2.27. The van der Waals surface area contributed by atoms with Crippen LogP contribution in [-0.4, -0.2) is 72.4 Å². The second-order valence-corrected chi connectivity index (χ2v) is 10.3. The zero-order valence-corrected chi connectivity index (χ0v) is 22.4. The fourth-order valence-corrected chi connectivity index (χ4v) is 5.07. The number of nitrogens with zero attached hydrogens (tertiary/aromatic N) is 4. The number of anilines is 2. The molecular formula is C29H38N6O3. The Balaban J connectivity index is 1.14. The van der Waals surface area contributed by atoms with Crippen molar-refractivity contribution in [3.63, 3.8) is 0 Å². The predicted molar refractivity (Wildman–Crippen MR) is 150 cm³/mol. The summed E-state index contributed by atoms with van der Waals surface area (Å²) in [6, 6.07) is 14.0. The molecule has 202 valence electrons. The topological polar surface area (TPSA) is 91.9 Å². The number of hydrogen-bond acceptors (Lipinski definition) is 7. The number of fused-ring (bicyclic) bond motifs is 1. The van der Waals surface area contributed by atoms with Crippen LogP contribution in [-0.2, 0) is 0 Å². The third-order valence-electron chi connectivity index (χ3n) is 7.08. The number of carbonyl (C=O) groups excluding carboxylic acids is 1. The van der Waals surface area contributed by atoms with Crippen molar-refractivity contribution in [3.05, 3.63) is 48.8 Å². The fraction of sp³-hybridized carbons (Fsp3) is 0.483. The molecule has 0 radical (unpaired) electrons. The minimum atomic E-state index is -0.0973. The molecule has 2 N–H and O–H groups in total. The third-order valence-corrected chi connectivity index (χ3v) is 7.08. The van der Waals surface area contributed by atoms with Crippen LogP contribution in [0.1, 0.15) is 39.5 Å². The van der Waals surface area contributed by atoms with Gasteiger partial charge in [0, 0.05) is 49.4 Å². The average molecular weight is 519 g/mol. The molecule has 2 aliphatic rings. The van der Waals surface area contributed by atoms with Gasteiger partial charge in [0.1, 0.15) is 23.6 Å². The monoisotopic (exact) mass is 518 g/mol. The van der Waals surface area contributed by atoms with Gasteiger partial charge in [0.15, 0.2) is 0 Å². The molecule has 38 heavy (non-hydrogen) atoms. The van der Waals surface area contributed by atoms with E-state index in [1.165, 1.54) is 19.3 Å². The van der Waals surface area contributed by atoms with Gasteiger partial charge in [0.05, 0.1) is 18.2 Å². The molecule has 3 aromatic rings. The second kappa shape index (κ2) is 12.3. The van der Waals surface area contributed by atoms with E-state index in [0.29, 0.717) is 38.8 Å². The molecular weight excluding hydrogens is 480 g/mol. The number of piperazine rings is 1. The number of carbonyl (C=O) groups is 1. The van der Waals surface area contributed by atoms with E-state index < -0.39 is 0 Å². The molecule has 0 saturated carbocycles. The highest BCUT2D eigenvalue weighted by molar-refractivity contribution is 5.91. The van der Waals surface area contributed by atoms with Gasteiger partial charge in [-0.05, 0) is 76.1 Å². The molecule has 0 spiro atoms. The van der Waals surface area contributed by atoms with Crippen molar-refractivity contribution in [3.8, 4) is 11.5 Å². The first-order chi connectivity index (χ1) is 18.5. The summed E-state index contributed by atoms with van der Waals surface area (Å²) in [7, 11) is 0. The SMILES string of the molecule is CC(C)Oc1ccc(NC(=O)N2CCN(c3ncnc4cc(OCCC5CCCCN5)ccc34)CC2)cc1. The van der Waals surface area contributed by atoms with Gasteiger partial charge in [-0.3, -0.25) is 0 Å². The first-order valence-electron chi connectivity index (χ1n) is 13.7. The average Bonchev–Trinajstić information content (AvgIpc) is 2.94. The van der Waals surface area contributed by atoms with E-state index in [-0.39, 0.29) is 12.1 Å². The van der Waals surface area contributed by atoms with Crippen LogP contribution in [0.15, 0.2) is 48.8 Å². The van der Waals surface area contributed by atoms with Crippen LogP contribution < -0.4 is 25.0 Å². The molecule has 1 aromatic heterocycles. The number of nitrogens with one attached hydrogen (secondary N) is 2. The molecule has 2 saturated heterocycles. The van der Waals surface area contributed by atoms with E-state index >= 15 is 0 Å². The largest absolute Gasteiger partial charge is 0.493 e. The summed E-state index contributed by atoms with van der Waals surface area (Å²) in [5.74, 6) is 2.52. The highest BCUT2D eigenvalue weighted by Gasteiger charge is 2.23. The zero-order chi connectivity index (χ0) is 26.3. The number of amides is 2. The Morgan fingerprint density at radius 2 is 1.84 bits per heavy atom. The van der Waals surface area contributed by atoms with Gasteiger partial charge in [0.2, 0.25) is 0 Å². The zero-order valence-electron chi connectivity index (χ0n) is 22.4. The molecule has 9 heteroatoms.